The van der Waals surface area contributed by atoms with Crippen LogP contribution in [-0.2, 0) is 6.54 Å². The molecule has 2 atom stereocenters. The van der Waals surface area contributed by atoms with Crippen molar-refractivity contribution in [2.45, 2.75) is 44.8 Å². The Morgan fingerprint density at radius 2 is 2.04 bits per heavy atom. The third-order valence-corrected chi connectivity index (χ3v) is 5.89. The van der Waals surface area contributed by atoms with Crippen LogP contribution in [0.2, 0.25) is 0 Å². The Morgan fingerprint density at radius 1 is 1.24 bits per heavy atom. The summed E-state index contributed by atoms with van der Waals surface area (Å²) in [7, 11) is 2.21. The number of amides is 2. The number of hydrogen-bond acceptors (Lipinski definition) is 3. The molecule has 2 aromatic rings. The quantitative estimate of drug-likeness (QED) is 0.931. The molecule has 0 saturated carbocycles. The van der Waals surface area contributed by atoms with E-state index in [0.717, 1.165) is 42.9 Å². The van der Waals surface area contributed by atoms with Crippen LogP contribution in [0, 0.1) is 6.92 Å². The van der Waals surface area contributed by atoms with Crippen LogP contribution < -0.4 is 5.32 Å². The maximum absolute atomic E-state index is 12.6. The Morgan fingerprint density at radius 3 is 2.92 bits per heavy atom. The highest BCUT2D eigenvalue weighted by Crippen LogP contribution is 2.28. The zero-order valence-corrected chi connectivity index (χ0v) is 15.1. The van der Waals surface area contributed by atoms with Crippen LogP contribution >= 0.6 is 0 Å². The topological polar surface area (TPSA) is 53.4 Å². The van der Waals surface area contributed by atoms with E-state index in [1.54, 1.807) is 0 Å². The lowest BCUT2D eigenvalue weighted by Crippen LogP contribution is -2.45. The molecule has 2 aliphatic rings. The van der Waals surface area contributed by atoms with Gasteiger partial charge in [-0.1, -0.05) is 12.1 Å². The molecule has 3 heterocycles. The fourth-order valence-corrected chi connectivity index (χ4v) is 4.36. The summed E-state index contributed by atoms with van der Waals surface area (Å²) in [6, 6.07) is 9.40. The minimum absolute atomic E-state index is 0.0722. The standard InChI is InChI=1S/C19H27N5O/c1-14-21-17-5-3-4-6-18(17)24(14)12-10-20-19(25)23-11-9-15-7-8-16(13-23)22(15)2/h3-6,15-16H,7-13H2,1-2H3,(H,20,25)/t15-,16+/m1/s1. The van der Waals surface area contributed by atoms with E-state index in [1.165, 1.54) is 12.8 Å². The normalized spacial score (nSPS) is 23.8. The number of nitrogens with zero attached hydrogens (tertiary/aromatic N) is 4. The number of fused-ring (bicyclic) bond motifs is 3. The number of para-hydroxylation sites is 2. The Hall–Kier alpha value is -2.08. The van der Waals surface area contributed by atoms with Crippen LogP contribution in [0.25, 0.3) is 11.0 Å². The number of aryl methyl sites for hydroxylation is 1. The molecule has 134 valence electrons. The highest BCUT2D eigenvalue weighted by Gasteiger charge is 2.35. The lowest BCUT2D eigenvalue weighted by molar-refractivity contribution is 0.188. The number of rotatable bonds is 3. The zero-order valence-electron chi connectivity index (χ0n) is 15.1. The maximum atomic E-state index is 12.6. The number of benzene rings is 1. The number of urea groups is 1. The molecule has 6 heteroatoms. The van der Waals surface area contributed by atoms with Gasteiger partial charge in [0.25, 0.3) is 0 Å². The molecule has 2 aliphatic heterocycles. The predicted molar refractivity (Wildman–Crippen MR) is 98.6 cm³/mol. The molecular weight excluding hydrogens is 314 g/mol. The van der Waals surface area contributed by atoms with Crippen molar-refractivity contribution in [1.82, 2.24) is 24.7 Å². The molecule has 2 amide bonds. The average molecular weight is 341 g/mol. The SMILES string of the molecule is Cc1nc2ccccc2n1CCNC(=O)N1CC[C@H]2CC[C@@H](C1)N2C. The first-order valence-electron chi connectivity index (χ1n) is 9.30. The minimum Gasteiger partial charge on any atom is -0.336 e. The molecule has 0 aliphatic carbocycles. The lowest BCUT2D eigenvalue weighted by atomic mass is 10.1. The third-order valence-electron chi connectivity index (χ3n) is 5.89. The second-order valence-electron chi connectivity index (χ2n) is 7.32. The molecule has 2 bridgehead atoms. The van der Waals surface area contributed by atoms with Crippen molar-refractivity contribution in [2.75, 3.05) is 26.7 Å². The van der Waals surface area contributed by atoms with Gasteiger partial charge < -0.3 is 14.8 Å². The zero-order chi connectivity index (χ0) is 17.4. The summed E-state index contributed by atoms with van der Waals surface area (Å²) in [5.74, 6) is 0.990. The van der Waals surface area contributed by atoms with Crippen molar-refractivity contribution < 1.29 is 4.79 Å². The van der Waals surface area contributed by atoms with Crippen molar-refractivity contribution in [1.29, 1.82) is 0 Å². The molecule has 1 aromatic heterocycles. The smallest absolute Gasteiger partial charge is 0.317 e. The minimum atomic E-state index is 0.0722. The molecule has 6 nitrogen and oxygen atoms in total. The molecule has 0 unspecified atom stereocenters. The second kappa shape index (κ2) is 6.67. The van der Waals surface area contributed by atoms with Crippen molar-refractivity contribution in [3.8, 4) is 0 Å². The lowest BCUT2D eigenvalue weighted by Gasteiger charge is -2.26. The van der Waals surface area contributed by atoms with E-state index < -0.39 is 0 Å². The molecule has 25 heavy (non-hydrogen) atoms. The molecule has 1 aromatic carbocycles. The van der Waals surface area contributed by atoms with Gasteiger partial charge >= 0.3 is 6.03 Å². The Bertz CT molecular complexity index is 770. The van der Waals surface area contributed by atoms with Crippen molar-refractivity contribution in [2.24, 2.45) is 0 Å². The molecule has 2 fully saturated rings. The first-order chi connectivity index (χ1) is 12.1. The van der Waals surface area contributed by atoms with Crippen LogP contribution in [0.1, 0.15) is 25.1 Å². The summed E-state index contributed by atoms with van der Waals surface area (Å²) >= 11 is 0. The number of carbonyl (C=O) groups excluding carboxylic acids is 1. The van der Waals surface area contributed by atoms with Gasteiger partial charge in [-0.3, -0.25) is 4.90 Å². The molecular formula is C19H27N5O. The van der Waals surface area contributed by atoms with Gasteiger partial charge in [0.1, 0.15) is 5.82 Å². The van der Waals surface area contributed by atoms with Crippen molar-refractivity contribution in [3.63, 3.8) is 0 Å². The fraction of sp³-hybridized carbons (Fsp3) is 0.579. The van der Waals surface area contributed by atoms with E-state index >= 15 is 0 Å². The molecule has 4 rings (SSSR count). The van der Waals surface area contributed by atoms with Gasteiger partial charge in [-0.05, 0) is 45.4 Å². The number of likely N-dealkylation sites (N-methyl/N-ethyl adjacent to an activating group) is 1. The summed E-state index contributed by atoms with van der Waals surface area (Å²) in [4.78, 5) is 21.6. The summed E-state index contributed by atoms with van der Waals surface area (Å²) in [5, 5.41) is 3.10. The Kier molecular flexibility index (Phi) is 4.37. The van der Waals surface area contributed by atoms with E-state index in [4.69, 9.17) is 0 Å². The third kappa shape index (κ3) is 3.11. The summed E-state index contributed by atoms with van der Waals surface area (Å²) in [6.45, 7) is 5.11. The molecule has 2 saturated heterocycles. The van der Waals surface area contributed by atoms with Crippen LogP contribution in [0.5, 0.6) is 0 Å². The van der Waals surface area contributed by atoms with E-state index in [2.05, 4.69) is 32.9 Å². The maximum Gasteiger partial charge on any atom is 0.317 e. The number of carbonyl (C=O) groups is 1. The van der Waals surface area contributed by atoms with Crippen LogP contribution in [0.4, 0.5) is 4.79 Å². The van der Waals surface area contributed by atoms with E-state index in [1.807, 2.05) is 30.0 Å². The molecule has 1 N–H and O–H groups in total. The molecule has 0 spiro atoms. The van der Waals surface area contributed by atoms with E-state index in [-0.39, 0.29) is 6.03 Å². The highest BCUT2D eigenvalue weighted by atomic mass is 16.2. The van der Waals surface area contributed by atoms with Gasteiger partial charge in [0.15, 0.2) is 0 Å². The van der Waals surface area contributed by atoms with Crippen LogP contribution in [0.3, 0.4) is 0 Å². The van der Waals surface area contributed by atoms with Crippen LogP contribution in [-0.4, -0.2) is 64.1 Å². The van der Waals surface area contributed by atoms with E-state index in [9.17, 15) is 4.79 Å². The summed E-state index contributed by atoms with van der Waals surface area (Å²) in [5.41, 5.74) is 2.14. The first kappa shape index (κ1) is 16.4. The number of hydrogen-bond donors (Lipinski definition) is 1. The monoisotopic (exact) mass is 341 g/mol. The summed E-state index contributed by atoms with van der Waals surface area (Å²) in [6.07, 6.45) is 3.58. The van der Waals surface area contributed by atoms with E-state index in [0.29, 0.717) is 18.6 Å². The van der Waals surface area contributed by atoms with Gasteiger partial charge in [0, 0.05) is 38.3 Å². The van der Waals surface area contributed by atoms with Gasteiger partial charge in [0.05, 0.1) is 11.0 Å². The van der Waals surface area contributed by atoms with Gasteiger partial charge in [-0.15, -0.1) is 0 Å². The largest absolute Gasteiger partial charge is 0.336 e. The summed E-state index contributed by atoms with van der Waals surface area (Å²) < 4.78 is 2.17. The number of likely N-dealkylation sites (tertiary alicyclic amines) is 1. The van der Waals surface area contributed by atoms with Gasteiger partial charge in [0.2, 0.25) is 0 Å². The molecule has 0 radical (unpaired) electrons. The predicted octanol–water partition coefficient (Wildman–Crippen LogP) is 2.22. The van der Waals surface area contributed by atoms with Crippen LogP contribution in [0.15, 0.2) is 24.3 Å². The number of nitrogens with one attached hydrogen (secondary N) is 1. The Labute approximate surface area is 148 Å². The van der Waals surface area contributed by atoms with Crippen molar-refractivity contribution >= 4 is 17.1 Å². The van der Waals surface area contributed by atoms with Gasteiger partial charge in [-0.2, -0.15) is 0 Å². The van der Waals surface area contributed by atoms with Gasteiger partial charge in [-0.25, -0.2) is 9.78 Å². The number of imidazole rings is 1. The van der Waals surface area contributed by atoms with Crippen molar-refractivity contribution in [3.05, 3.63) is 30.1 Å². The average Bonchev–Trinajstić information content (AvgIpc) is 3.03. The second-order valence-corrected chi connectivity index (χ2v) is 7.32. The first-order valence-corrected chi connectivity index (χ1v) is 9.30. The fourth-order valence-electron chi connectivity index (χ4n) is 4.36. The number of aromatic nitrogens is 2. The Balaban J connectivity index is 1.35. The highest BCUT2D eigenvalue weighted by molar-refractivity contribution is 5.76.